The van der Waals surface area contributed by atoms with Crippen LogP contribution >= 0.6 is 11.3 Å². The summed E-state index contributed by atoms with van der Waals surface area (Å²) in [5.41, 5.74) is 2.27. The van der Waals surface area contributed by atoms with Gasteiger partial charge >= 0.3 is 0 Å². The zero-order valence-corrected chi connectivity index (χ0v) is 10.7. The second-order valence-electron chi connectivity index (χ2n) is 4.00. The molecule has 18 heavy (non-hydrogen) atoms. The van der Waals surface area contributed by atoms with Gasteiger partial charge in [0.25, 0.3) is 0 Å². The first-order chi connectivity index (χ1) is 8.81. The third-order valence-corrected chi connectivity index (χ3v) is 3.56. The summed E-state index contributed by atoms with van der Waals surface area (Å²) in [7, 11) is 0. The number of nitrogens with zero attached hydrogens (tertiary/aromatic N) is 3. The van der Waals surface area contributed by atoms with Gasteiger partial charge in [0.05, 0.1) is 10.2 Å². The third kappa shape index (κ3) is 2.33. The summed E-state index contributed by atoms with van der Waals surface area (Å²) in [6.45, 7) is 2.81. The number of hydrogen-bond acceptors (Lipinski definition) is 6. The fourth-order valence-electron chi connectivity index (χ4n) is 1.70. The van der Waals surface area contributed by atoms with E-state index in [-0.39, 0.29) is 0 Å². The lowest BCUT2D eigenvalue weighted by molar-refractivity contribution is 0.380. The molecule has 3 rings (SSSR count). The summed E-state index contributed by atoms with van der Waals surface area (Å²) in [6.07, 6.45) is 2.12. The maximum atomic E-state index is 4.93. The van der Waals surface area contributed by atoms with Gasteiger partial charge in [-0.05, 0) is 24.6 Å². The average Bonchev–Trinajstić information content (AvgIpc) is 2.97. The minimum absolute atomic E-state index is 0.638. The molecule has 0 atom stereocenters. The summed E-state index contributed by atoms with van der Waals surface area (Å²) in [5.74, 6) is 0.638. The van der Waals surface area contributed by atoms with Gasteiger partial charge in [-0.3, -0.25) is 0 Å². The Morgan fingerprint density at radius 2 is 2.33 bits per heavy atom. The molecule has 0 saturated carbocycles. The first-order valence-corrected chi connectivity index (χ1v) is 6.49. The molecule has 5 nitrogen and oxygen atoms in total. The molecular weight excluding hydrogens is 248 g/mol. The van der Waals surface area contributed by atoms with Crippen molar-refractivity contribution in [1.29, 1.82) is 0 Å². The number of aryl methyl sites for hydroxylation is 1. The number of thiazole rings is 1. The van der Waals surface area contributed by atoms with Crippen molar-refractivity contribution in [3.05, 3.63) is 36.0 Å². The van der Waals surface area contributed by atoms with Gasteiger partial charge in [0.1, 0.15) is 0 Å². The molecule has 0 fully saturated rings. The maximum Gasteiger partial charge on any atom is 0.228 e. The van der Waals surface area contributed by atoms with Crippen LogP contribution in [0.25, 0.3) is 10.2 Å². The number of anilines is 1. The molecule has 0 aliphatic carbocycles. The Balaban J connectivity index is 1.67. The largest absolute Gasteiger partial charge is 0.361 e. The number of rotatable bonds is 4. The van der Waals surface area contributed by atoms with Gasteiger partial charge in [-0.1, -0.05) is 22.6 Å². The summed E-state index contributed by atoms with van der Waals surface area (Å²) >= 11 is 1.65. The van der Waals surface area contributed by atoms with Crippen molar-refractivity contribution in [3.8, 4) is 0 Å². The molecule has 1 N–H and O–H groups in total. The molecule has 0 unspecified atom stereocenters. The van der Waals surface area contributed by atoms with E-state index in [0.717, 1.165) is 17.2 Å². The molecule has 6 heteroatoms. The molecule has 92 valence electrons. The van der Waals surface area contributed by atoms with Crippen LogP contribution in [0.3, 0.4) is 0 Å². The Morgan fingerprint density at radius 1 is 1.39 bits per heavy atom. The van der Waals surface area contributed by atoms with Crippen LogP contribution in [-0.4, -0.2) is 21.7 Å². The Hall–Kier alpha value is -1.95. The van der Waals surface area contributed by atoms with E-state index in [4.69, 9.17) is 4.52 Å². The minimum Gasteiger partial charge on any atom is -0.361 e. The topological polar surface area (TPSA) is 63.8 Å². The molecule has 3 aromatic rings. The molecule has 0 aliphatic heterocycles. The first kappa shape index (κ1) is 11.2. The molecule has 1 aromatic carbocycles. The monoisotopic (exact) mass is 260 g/mol. The molecule has 2 aromatic heterocycles. The molecule has 2 heterocycles. The summed E-state index contributed by atoms with van der Waals surface area (Å²) in [4.78, 5) is 8.50. The molecule has 0 amide bonds. The number of aromatic nitrogens is 3. The summed E-state index contributed by atoms with van der Waals surface area (Å²) in [5, 5.41) is 7.76. The highest BCUT2D eigenvalue weighted by molar-refractivity contribution is 7.22. The summed E-state index contributed by atoms with van der Waals surface area (Å²) in [6, 6.07) is 6.29. The lowest BCUT2D eigenvalue weighted by Gasteiger charge is -1.97. The lowest BCUT2D eigenvalue weighted by Crippen LogP contribution is -2.04. The fraction of sp³-hybridized carbons (Fsp3) is 0.250. The van der Waals surface area contributed by atoms with Gasteiger partial charge in [0.2, 0.25) is 5.89 Å². The third-order valence-electron chi connectivity index (χ3n) is 2.57. The fourth-order valence-corrected chi connectivity index (χ4v) is 2.57. The highest BCUT2D eigenvalue weighted by Gasteiger charge is 2.04. The summed E-state index contributed by atoms with van der Waals surface area (Å²) < 4.78 is 6.12. The van der Waals surface area contributed by atoms with Gasteiger partial charge in [0, 0.05) is 13.0 Å². The van der Waals surface area contributed by atoms with E-state index in [9.17, 15) is 0 Å². The lowest BCUT2D eigenvalue weighted by atomic mass is 10.2. The van der Waals surface area contributed by atoms with Gasteiger partial charge in [-0.25, -0.2) is 4.98 Å². The highest BCUT2D eigenvalue weighted by atomic mass is 32.1. The molecule has 0 radical (unpaired) electrons. The Kier molecular flexibility index (Phi) is 2.93. The first-order valence-electron chi connectivity index (χ1n) is 5.68. The van der Waals surface area contributed by atoms with E-state index in [1.165, 1.54) is 16.6 Å². The van der Waals surface area contributed by atoms with E-state index in [1.807, 2.05) is 0 Å². The van der Waals surface area contributed by atoms with Crippen LogP contribution in [-0.2, 0) is 6.42 Å². The van der Waals surface area contributed by atoms with E-state index in [1.54, 1.807) is 11.3 Å². The van der Waals surface area contributed by atoms with E-state index in [0.29, 0.717) is 12.3 Å². The van der Waals surface area contributed by atoms with Gasteiger partial charge < -0.3 is 9.84 Å². The van der Waals surface area contributed by atoms with E-state index >= 15 is 0 Å². The van der Waals surface area contributed by atoms with Crippen molar-refractivity contribution < 1.29 is 4.52 Å². The number of fused-ring (bicyclic) bond motifs is 1. The molecule has 0 saturated heterocycles. The molecular formula is C12H12N4OS. The number of benzene rings is 1. The number of nitrogens with one attached hydrogen (secondary N) is 1. The van der Waals surface area contributed by atoms with Gasteiger partial charge in [0.15, 0.2) is 11.5 Å². The predicted molar refractivity (Wildman–Crippen MR) is 70.8 cm³/mol. The quantitative estimate of drug-likeness (QED) is 0.781. The standard InChI is InChI=1S/C12H12N4OS/c1-8-2-3-10-9(6-8)16-12(18-10)13-5-4-11-14-7-15-17-11/h2-3,6-7H,4-5H2,1H3,(H,13,16). The second-order valence-corrected chi connectivity index (χ2v) is 5.03. The Labute approximate surface area is 108 Å². The van der Waals surface area contributed by atoms with Crippen molar-refractivity contribution in [2.24, 2.45) is 0 Å². The predicted octanol–water partition coefficient (Wildman–Crippen LogP) is 2.64. The van der Waals surface area contributed by atoms with Gasteiger partial charge in [-0.15, -0.1) is 0 Å². The zero-order valence-electron chi connectivity index (χ0n) is 9.88. The highest BCUT2D eigenvalue weighted by Crippen LogP contribution is 2.26. The molecule has 0 spiro atoms. The van der Waals surface area contributed by atoms with Crippen LogP contribution in [0, 0.1) is 6.92 Å². The van der Waals surface area contributed by atoms with Crippen molar-refractivity contribution in [1.82, 2.24) is 15.1 Å². The van der Waals surface area contributed by atoms with Crippen LogP contribution in [0.15, 0.2) is 29.0 Å². The Bertz CT molecular complexity index is 647. The van der Waals surface area contributed by atoms with E-state index < -0.39 is 0 Å². The average molecular weight is 260 g/mol. The van der Waals surface area contributed by atoms with Crippen LogP contribution in [0.2, 0.25) is 0 Å². The Morgan fingerprint density at radius 3 is 3.17 bits per heavy atom. The zero-order chi connectivity index (χ0) is 12.4. The van der Waals surface area contributed by atoms with Gasteiger partial charge in [-0.2, -0.15) is 4.98 Å². The van der Waals surface area contributed by atoms with E-state index in [2.05, 4.69) is 45.6 Å². The smallest absolute Gasteiger partial charge is 0.228 e. The minimum atomic E-state index is 0.638. The molecule has 0 bridgehead atoms. The maximum absolute atomic E-state index is 4.93. The second kappa shape index (κ2) is 4.73. The van der Waals surface area contributed by atoms with Crippen LogP contribution < -0.4 is 5.32 Å². The van der Waals surface area contributed by atoms with Crippen LogP contribution in [0.5, 0.6) is 0 Å². The van der Waals surface area contributed by atoms with Crippen LogP contribution in [0.1, 0.15) is 11.5 Å². The normalized spacial score (nSPS) is 10.9. The number of hydrogen-bond donors (Lipinski definition) is 1. The van der Waals surface area contributed by atoms with Crippen molar-refractivity contribution >= 4 is 26.7 Å². The van der Waals surface area contributed by atoms with Crippen molar-refractivity contribution in [2.75, 3.05) is 11.9 Å². The molecule has 0 aliphatic rings. The van der Waals surface area contributed by atoms with Crippen molar-refractivity contribution in [3.63, 3.8) is 0 Å². The van der Waals surface area contributed by atoms with Crippen LogP contribution in [0.4, 0.5) is 5.13 Å². The van der Waals surface area contributed by atoms with Crippen molar-refractivity contribution in [2.45, 2.75) is 13.3 Å². The SMILES string of the molecule is Cc1ccc2sc(NCCc3ncno3)nc2c1.